The summed E-state index contributed by atoms with van der Waals surface area (Å²) in [5, 5.41) is 19.8. The van der Waals surface area contributed by atoms with E-state index in [0.717, 1.165) is 0 Å². The largest absolute Gasteiger partial charge is 0.550 e. The second-order valence-electron chi connectivity index (χ2n) is 5.42. The summed E-state index contributed by atoms with van der Waals surface area (Å²) in [6, 6.07) is 5.20. The maximum Gasteiger partial charge on any atom is 0.238 e. The molecule has 1 amide bonds. The van der Waals surface area contributed by atoms with Crippen LogP contribution in [0.2, 0.25) is 0 Å². The van der Waals surface area contributed by atoms with Gasteiger partial charge in [-0.1, -0.05) is 0 Å². The minimum atomic E-state index is -3.77. The van der Waals surface area contributed by atoms with Gasteiger partial charge in [-0.05, 0) is 49.9 Å². The van der Waals surface area contributed by atoms with Gasteiger partial charge in [0.05, 0.1) is 18.0 Å². The van der Waals surface area contributed by atoms with E-state index in [1.807, 2.05) is 0 Å². The smallest absolute Gasteiger partial charge is 0.238 e. The molecule has 1 saturated heterocycles. The summed E-state index contributed by atoms with van der Waals surface area (Å²) < 4.78 is 21.9. The summed E-state index contributed by atoms with van der Waals surface area (Å²) in [5.74, 6) is -1.81. The van der Waals surface area contributed by atoms with E-state index in [1.165, 1.54) is 56.6 Å². The zero-order valence-electron chi connectivity index (χ0n) is 13.4. The number of nitrogens with two attached hydrogens (primary N) is 2. The third kappa shape index (κ3) is 8.61. The molecule has 1 aliphatic heterocycles. The summed E-state index contributed by atoms with van der Waals surface area (Å²) in [5.41, 5.74) is 0.353. The van der Waals surface area contributed by atoms with Crippen molar-refractivity contribution < 1.29 is 28.4 Å². The number of primary sulfonamides is 1. The van der Waals surface area contributed by atoms with E-state index in [1.54, 1.807) is 0 Å². The van der Waals surface area contributed by atoms with Crippen LogP contribution in [0.3, 0.4) is 0 Å². The SMILES string of the molecule is C1CC[NH2+]CC1.NS(=O)(=O)c1ccc(NC(=O)CCC(=O)[O-])cc1. The summed E-state index contributed by atoms with van der Waals surface area (Å²) in [4.78, 5) is 21.3. The van der Waals surface area contributed by atoms with Gasteiger partial charge in [-0.3, -0.25) is 4.79 Å². The molecule has 0 spiro atoms. The molecular formula is C15H23N3O5S. The number of piperidine rings is 1. The Balaban J connectivity index is 0.000000400. The van der Waals surface area contributed by atoms with Crippen LogP contribution in [0.4, 0.5) is 5.69 Å². The Bertz CT molecular complexity index is 628. The molecule has 1 heterocycles. The lowest BCUT2D eigenvalue weighted by molar-refractivity contribution is -0.662. The summed E-state index contributed by atoms with van der Waals surface area (Å²) in [7, 11) is -3.77. The number of sulfonamides is 1. The molecule has 134 valence electrons. The van der Waals surface area contributed by atoms with Crippen molar-refractivity contribution in [2.24, 2.45) is 5.14 Å². The summed E-state index contributed by atoms with van der Waals surface area (Å²) in [6.45, 7) is 2.75. The van der Waals surface area contributed by atoms with Crippen molar-refractivity contribution >= 4 is 27.6 Å². The third-order valence-corrected chi connectivity index (χ3v) is 4.27. The Morgan fingerprint density at radius 2 is 1.67 bits per heavy atom. The Hall–Kier alpha value is -1.97. The predicted molar refractivity (Wildman–Crippen MR) is 86.2 cm³/mol. The van der Waals surface area contributed by atoms with Gasteiger partial charge in [-0.25, -0.2) is 13.6 Å². The number of aliphatic carboxylic acids is 1. The fourth-order valence-electron chi connectivity index (χ4n) is 2.07. The average Bonchev–Trinajstić information content (AvgIpc) is 2.55. The standard InChI is InChI=1S/C10H12N2O5S.C5H11N/c11-18(16,17)8-3-1-7(2-4-8)12-9(13)5-6-10(14)15;1-2-4-6-5-3-1/h1-4H,5-6H2,(H,12,13)(H,14,15)(H2,11,16,17);6H,1-5H2. The molecule has 0 aromatic heterocycles. The molecule has 1 aromatic rings. The molecule has 24 heavy (non-hydrogen) atoms. The topological polar surface area (TPSA) is 146 Å². The molecule has 0 aliphatic carbocycles. The first-order valence-corrected chi connectivity index (χ1v) is 9.28. The van der Waals surface area contributed by atoms with Crippen molar-refractivity contribution in [1.29, 1.82) is 0 Å². The first-order valence-electron chi connectivity index (χ1n) is 7.73. The van der Waals surface area contributed by atoms with Crippen molar-refractivity contribution in [3.05, 3.63) is 24.3 Å². The van der Waals surface area contributed by atoms with E-state index < -0.39 is 21.9 Å². The number of hydrogen-bond donors (Lipinski definition) is 3. The molecule has 5 N–H and O–H groups in total. The molecular weight excluding hydrogens is 334 g/mol. The Morgan fingerprint density at radius 3 is 2.04 bits per heavy atom. The number of anilines is 1. The maximum absolute atomic E-state index is 11.3. The highest BCUT2D eigenvalue weighted by Crippen LogP contribution is 2.13. The van der Waals surface area contributed by atoms with E-state index in [4.69, 9.17) is 5.14 Å². The van der Waals surface area contributed by atoms with Gasteiger partial charge < -0.3 is 20.5 Å². The first kappa shape index (κ1) is 20.1. The van der Waals surface area contributed by atoms with Gasteiger partial charge in [-0.15, -0.1) is 0 Å². The molecule has 0 bridgehead atoms. The van der Waals surface area contributed by atoms with Crippen molar-refractivity contribution in [3.63, 3.8) is 0 Å². The predicted octanol–water partition coefficient (Wildman–Crippen LogP) is -1.46. The van der Waals surface area contributed by atoms with Crippen LogP contribution in [0.15, 0.2) is 29.2 Å². The number of nitrogens with one attached hydrogen (secondary N) is 1. The molecule has 1 aliphatic rings. The van der Waals surface area contributed by atoms with E-state index >= 15 is 0 Å². The van der Waals surface area contributed by atoms with Gasteiger partial charge in [0.15, 0.2) is 0 Å². The number of quaternary nitrogens is 1. The molecule has 0 atom stereocenters. The van der Waals surface area contributed by atoms with Gasteiger partial charge in [-0.2, -0.15) is 0 Å². The molecule has 0 radical (unpaired) electrons. The number of amides is 1. The number of carboxylic acids is 1. The highest BCUT2D eigenvalue weighted by molar-refractivity contribution is 7.89. The molecule has 9 heteroatoms. The van der Waals surface area contributed by atoms with Crippen LogP contribution in [-0.2, 0) is 19.6 Å². The first-order chi connectivity index (χ1) is 11.3. The quantitative estimate of drug-likeness (QED) is 0.589. The Labute approximate surface area is 141 Å². The van der Waals surface area contributed by atoms with Gasteiger partial charge in [0.25, 0.3) is 0 Å². The fraction of sp³-hybridized carbons (Fsp3) is 0.467. The van der Waals surface area contributed by atoms with Crippen LogP contribution in [0, 0.1) is 0 Å². The lowest BCUT2D eigenvalue weighted by atomic mass is 10.2. The second-order valence-corrected chi connectivity index (χ2v) is 6.98. The molecule has 1 aromatic carbocycles. The lowest BCUT2D eigenvalue weighted by Crippen LogP contribution is -2.85. The number of hydrogen-bond acceptors (Lipinski definition) is 5. The van der Waals surface area contributed by atoms with Crippen molar-refractivity contribution in [2.45, 2.75) is 37.0 Å². The van der Waals surface area contributed by atoms with Crippen LogP contribution in [0.1, 0.15) is 32.1 Å². The van der Waals surface area contributed by atoms with Gasteiger partial charge in [0, 0.05) is 18.1 Å². The molecule has 8 nitrogen and oxygen atoms in total. The van der Waals surface area contributed by atoms with E-state index in [0.29, 0.717) is 5.69 Å². The number of rotatable bonds is 5. The van der Waals surface area contributed by atoms with Crippen LogP contribution >= 0.6 is 0 Å². The van der Waals surface area contributed by atoms with Gasteiger partial charge >= 0.3 is 0 Å². The minimum absolute atomic E-state index is 0.0739. The zero-order valence-corrected chi connectivity index (χ0v) is 14.2. The van der Waals surface area contributed by atoms with E-state index in [2.05, 4.69) is 10.6 Å². The van der Waals surface area contributed by atoms with E-state index in [-0.39, 0.29) is 17.7 Å². The highest BCUT2D eigenvalue weighted by Gasteiger charge is 2.08. The average molecular weight is 357 g/mol. The normalized spacial score (nSPS) is 14.2. The van der Waals surface area contributed by atoms with Crippen molar-refractivity contribution in [1.82, 2.24) is 0 Å². The number of carbonyl (C=O) groups excluding carboxylic acids is 2. The monoisotopic (exact) mass is 357 g/mol. The number of carboxylic acid groups (broad SMARTS) is 1. The van der Waals surface area contributed by atoms with Crippen molar-refractivity contribution in [3.8, 4) is 0 Å². The fourth-order valence-corrected chi connectivity index (χ4v) is 2.58. The molecule has 2 rings (SSSR count). The molecule has 0 unspecified atom stereocenters. The van der Waals surface area contributed by atoms with Crippen LogP contribution in [0.25, 0.3) is 0 Å². The van der Waals surface area contributed by atoms with Crippen molar-refractivity contribution in [2.75, 3.05) is 18.4 Å². The number of benzene rings is 1. The minimum Gasteiger partial charge on any atom is -0.550 e. The lowest BCUT2D eigenvalue weighted by Gasteiger charge is -2.06. The third-order valence-electron chi connectivity index (χ3n) is 3.34. The second kappa shape index (κ2) is 10.0. The Morgan fingerprint density at radius 1 is 1.08 bits per heavy atom. The van der Waals surface area contributed by atoms with Crippen LogP contribution < -0.4 is 20.9 Å². The van der Waals surface area contributed by atoms with E-state index in [9.17, 15) is 23.1 Å². The number of carbonyl (C=O) groups is 2. The van der Waals surface area contributed by atoms with Crippen LogP contribution in [0.5, 0.6) is 0 Å². The highest BCUT2D eigenvalue weighted by atomic mass is 32.2. The Kier molecular flexibility index (Phi) is 8.37. The van der Waals surface area contributed by atoms with Gasteiger partial charge in [0.2, 0.25) is 15.9 Å². The summed E-state index contributed by atoms with van der Waals surface area (Å²) >= 11 is 0. The zero-order chi connectivity index (χ0) is 18.0. The molecule has 1 fully saturated rings. The van der Waals surface area contributed by atoms with Gasteiger partial charge in [0.1, 0.15) is 0 Å². The maximum atomic E-state index is 11.3. The van der Waals surface area contributed by atoms with Crippen LogP contribution in [-0.4, -0.2) is 33.4 Å². The molecule has 0 saturated carbocycles. The summed E-state index contributed by atoms with van der Waals surface area (Å²) in [6.07, 6.45) is 3.77.